The van der Waals surface area contributed by atoms with E-state index in [1.165, 1.54) is 5.70 Å². The summed E-state index contributed by atoms with van der Waals surface area (Å²) in [6.45, 7) is 18.2. The molecule has 2 heterocycles. The molecular formula is C29H42N6. The number of piperazine rings is 1. The molecule has 1 aliphatic rings. The molecule has 0 aliphatic carbocycles. The Hall–Kier alpha value is -3.17. The summed E-state index contributed by atoms with van der Waals surface area (Å²) in [5.74, 6) is 0.764. The van der Waals surface area contributed by atoms with Crippen molar-refractivity contribution in [2.24, 2.45) is 0 Å². The number of aromatic nitrogens is 2. The molecule has 6 heteroatoms. The van der Waals surface area contributed by atoms with E-state index in [-0.39, 0.29) is 0 Å². The van der Waals surface area contributed by atoms with Crippen LogP contribution in [-0.4, -0.2) is 52.7 Å². The van der Waals surface area contributed by atoms with E-state index in [0.717, 1.165) is 59.1 Å². The Bertz CT molecular complexity index is 1170. The molecule has 1 aliphatic heterocycles. The number of rotatable bonds is 6. The highest BCUT2D eigenvalue weighted by Crippen LogP contribution is 2.16. The van der Waals surface area contributed by atoms with Crippen LogP contribution in [0.15, 0.2) is 30.0 Å². The zero-order valence-electron chi connectivity index (χ0n) is 22.8. The molecule has 1 N–H and O–H groups in total. The number of hydrogen-bond acceptors (Lipinski definition) is 6. The number of anilines is 1. The number of likely N-dealkylation sites (N-methyl/N-ethyl adjacent to an activating group) is 1. The van der Waals surface area contributed by atoms with Crippen LogP contribution in [0.1, 0.15) is 63.4 Å². The van der Waals surface area contributed by atoms with Gasteiger partial charge in [-0.3, -0.25) is 0 Å². The van der Waals surface area contributed by atoms with E-state index in [4.69, 9.17) is 0 Å². The molecule has 1 atom stereocenters. The van der Waals surface area contributed by atoms with E-state index >= 15 is 0 Å². The number of hydrogen-bond donors (Lipinski definition) is 1. The second-order valence-electron chi connectivity index (χ2n) is 8.76. The fraction of sp³-hybridized carbons (Fsp3) is 0.483. The molecule has 1 unspecified atom stereocenters. The van der Waals surface area contributed by atoms with Gasteiger partial charge in [0, 0.05) is 48.4 Å². The van der Waals surface area contributed by atoms with Gasteiger partial charge in [-0.05, 0) is 64.4 Å². The third kappa shape index (κ3) is 6.93. The Morgan fingerprint density at radius 1 is 1.20 bits per heavy atom. The maximum atomic E-state index is 9.36. The molecule has 3 rings (SSSR count). The first-order valence-corrected chi connectivity index (χ1v) is 12.8. The van der Waals surface area contributed by atoms with Gasteiger partial charge in [0.1, 0.15) is 0 Å². The summed E-state index contributed by atoms with van der Waals surface area (Å²) >= 11 is 0. The van der Waals surface area contributed by atoms with E-state index in [2.05, 4.69) is 76.6 Å². The predicted molar refractivity (Wildman–Crippen MR) is 147 cm³/mol. The normalized spacial score (nSPS) is 17.6. The van der Waals surface area contributed by atoms with Crippen LogP contribution in [0.3, 0.4) is 0 Å². The first-order valence-electron chi connectivity index (χ1n) is 12.8. The molecule has 1 aromatic heterocycles. The molecule has 1 saturated heterocycles. The van der Waals surface area contributed by atoms with Crippen LogP contribution in [0.25, 0.3) is 12.2 Å². The highest BCUT2D eigenvalue weighted by Gasteiger charge is 2.21. The van der Waals surface area contributed by atoms with Gasteiger partial charge in [-0.1, -0.05) is 45.1 Å². The van der Waals surface area contributed by atoms with Gasteiger partial charge < -0.3 is 15.1 Å². The average Bonchev–Trinajstić information content (AvgIpc) is 2.87. The largest absolute Gasteiger partial charge is 0.369 e. The quantitative estimate of drug-likeness (QED) is 0.679. The lowest BCUT2D eigenvalue weighted by Gasteiger charge is -2.39. The third-order valence-electron chi connectivity index (χ3n) is 6.57. The molecule has 1 fully saturated rings. The van der Waals surface area contributed by atoms with Crippen LogP contribution >= 0.6 is 0 Å². The van der Waals surface area contributed by atoms with Gasteiger partial charge in [0.2, 0.25) is 0 Å². The van der Waals surface area contributed by atoms with E-state index in [1.54, 1.807) is 0 Å². The fourth-order valence-corrected chi connectivity index (χ4v) is 4.29. The molecule has 2 aromatic rings. The predicted octanol–water partition coefficient (Wildman–Crippen LogP) is 4.11. The van der Waals surface area contributed by atoms with Crippen molar-refractivity contribution in [1.82, 2.24) is 20.0 Å². The van der Waals surface area contributed by atoms with Crippen molar-refractivity contribution in [2.45, 2.75) is 67.5 Å². The second-order valence-corrected chi connectivity index (χ2v) is 8.76. The molecule has 0 spiro atoms. The highest BCUT2D eigenvalue weighted by atomic mass is 15.3. The van der Waals surface area contributed by atoms with Gasteiger partial charge in [0.25, 0.3) is 0 Å². The van der Waals surface area contributed by atoms with Crippen LogP contribution in [0.4, 0.5) is 5.82 Å². The number of benzene rings is 1. The fourth-order valence-electron chi connectivity index (χ4n) is 4.29. The maximum Gasteiger partial charge on any atom is 0.156 e. The summed E-state index contributed by atoms with van der Waals surface area (Å²) in [6.07, 6.45) is 7.65. The zero-order chi connectivity index (χ0) is 26.0. The Balaban J connectivity index is 0.00000210. The molecule has 0 saturated carbocycles. The van der Waals surface area contributed by atoms with Crippen LogP contribution in [0.2, 0.25) is 0 Å². The van der Waals surface area contributed by atoms with E-state index < -0.39 is 0 Å². The van der Waals surface area contributed by atoms with Crippen molar-refractivity contribution < 1.29 is 0 Å². The molecule has 0 bridgehead atoms. The van der Waals surface area contributed by atoms with Crippen molar-refractivity contribution in [3.63, 3.8) is 0 Å². The van der Waals surface area contributed by atoms with Crippen LogP contribution in [-0.2, 0) is 6.54 Å². The summed E-state index contributed by atoms with van der Waals surface area (Å²) in [5.41, 5.74) is 4.94. The van der Waals surface area contributed by atoms with Crippen LogP contribution < -0.4 is 15.8 Å². The van der Waals surface area contributed by atoms with E-state index in [9.17, 15) is 5.26 Å². The van der Waals surface area contributed by atoms with E-state index in [1.807, 2.05) is 46.8 Å². The summed E-state index contributed by atoms with van der Waals surface area (Å²) in [6, 6.07) is 8.61. The number of allylic oxidation sites excluding steroid dienone is 2. The summed E-state index contributed by atoms with van der Waals surface area (Å²) in [4.78, 5) is 4.89. The molecular weight excluding hydrogens is 432 g/mol. The summed E-state index contributed by atoms with van der Waals surface area (Å²) in [5, 5.41) is 24.0. The van der Waals surface area contributed by atoms with Gasteiger partial charge in [0.05, 0.1) is 17.3 Å². The second kappa shape index (κ2) is 13.7. The Morgan fingerprint density at radius 2 is 1.94 bits per heavy atom. The van der Waals surface area contributed by atoms with Crippen molar-refractivity contribution in [2.75, 3.05) is 32.0 Å². The monoisotopic (exact) mass is 474 g/mol. The van der Waals surface area contributed by atoms with Crippen molar-refractivity contribution in [3.05, 3.63) is 62.8 Å². The average molecular weight is 475 g/mol. The molecule has 188 valence electrons. The Labute approximate surface area is 211 Å². The topological polar surface area (TPSA) is 68.1 Å². The van der Waals surface area contributed by atoms with Crippen molar-refractivity contribution >= 4 is 18.0 Å². The van der Waals surface area contributed by atoms with Gasteiger partial charge >= 0.3 is 0 Å². The van der Waals surface area contributed by atoms with Crippen LogP contribution in [0.5, 0.6) is 0 Å². The zero-order valence-corrected chi connectivity index (χ0v) is 22.8. The maximum absolute atomic E-state index is 9.36. The lowest BCUT2D eigenvalue weighted by atomic mass is 10.0. The Kier molecular flexibility index (Phi) is 10.9. The standard InChI is InChI=1S/C27H36N6.C2H6/c1-7-10-24(33-14-13-32(6)19(3)18-33)15-26-25(8-2)21(5)30-31-27(26)29-17-23-12-9-11-22(16-28)20(23)4;1-2/h8-12,15,19H,7,13-14,17-18H2,1-6H3,(H,29,31);1-2H3/b24-10-,25-8-,26-15+;. The lowest BCUT2D eigenvalue weighted by Crippen LogP contribution is -2.49. The lowest BCUT2D eigenvalue weighted by molar-refractivity contribution is 0.134. The first kappa shape index (κ1) is 28.1. The Morgan fingerprint density at radius 3 is 2.57 bits per heavy atom. The number of nitrogens with zero attached hydrogens (tertiary/aromatic N) is 5. The molecule has 0 amide bonds. The number of nitriles is 1. The van der Waals surface area contributed by atoms with Crippen molar-refractivity contribution in [1.29, 1.82) is 5.26 Å². The molecule has 35 heavy (non-hydrogen) atoms. The van der Waals surface area contributed by atoms with Gasteiger partial charge in [-0.25, -0.2) is 0 Å². The third-order valence-corrected chi connectivity index (χ3v) is 6.57. The molecule has 1 aromatic carbocycles. The SMILES string of the molecule is C/C=c1/c(C)nnc(NCc2cccc(C#N)c2C)/c1=C/C(=C/CC)N1CCN(C)C(C)C1.CC. The highest BCUT2D eigenvalue weighted by molar-refractivity contribution is 5.55. The van der Waals surface area contributed by atoms with Crippen molar-refractivity contribution in [3.8, 4) is 6.07 Å². The van der Waals surface area contributed by atoms with Gasteiger partial charge in [-0.15, -0.1) is 5.10 Å². The van der Waals surface area contributed by atoms with Gasteiger partial charge in [-0.2, -0.15) is 10.4 Å². The molecule has 6 nitrogen and oxygen atoms in total. The smallest absolute Gasteiger partial charge is 0.156 e. The minimum Gasteiger partial charge on any atom is -0.369 e. The first-order chi connectivity index (χ1) is 16.9. The van der Waals surface area contributed by atoms with E-state index in [0.29, 0.717) is 18.2 Å². The number of aryl methyl sites for hydroxylation is 1. The minimum absolute atomic E-state index is 0.509. The number of nitrogens with one attached hydrogen (secondary N) is 1. The minimum atomic E-state index is 0.509. The van der Waals surface area contributed by atoms with Crippen LogP contribution in [0, 0.1) is 25.2 Å². The summed E-state index contributed by atoms with van der Waals surface area (Å²) < 4.78 is 0. The molecule has 0 radical (unpaired) electrons. The van der Waals surface area contributed by atoms with Gasteiger partial charge in [0.15, 0.2) is 5.82 Å². The summed E-state index contributed by atoms with van der Waals surface area (Å²) in [7, 11) is 2.19.